The van der Waals surface area contributed by atoms with Gasteiger partial charge in [-0.15, -0.1) is 0 Å². The van der Waals surface area contributed by atoms with Crippen LogP contribution in [0, 0.1) is 5.92 Å². The summed E-state index contributed by atoms with van der Waals surface area (Å²) < 4.78 is 22.8. The number of nitrogens with one attached hydrogen (secondary N) is 1. The molecule has 0 bridgehead atoms. The van der Waals surface area contributed by atoms with Crippen molar-refractivity contribution in [1.82, 2.24) is 10.2 Å². The highest BCUT2D eigenvalue weighted by Crippen LogP contribution is 2.23. The van der Waals surface area contributed by atoms with E-state index in [-0.39, 0.29) is 36.5 Å². The van der Waals surface area contributed by atoms with E-state index in [9.17, 15) is 13.2 Å². The van der Waals surface area contributed by atoms with Gasteiger partial charge in [-0.05, 0) is 13.3 Å². The number of rotatable bonds is 4. The topological polar surface area (TPSA) is 86.7 Å². The number of carbonyl (C=O) groups excluding carboxylic acids is 1. The molecule has 0 aromatic rings. The average molecular weight is 276 g/mol. The fourth-order valence-electron chi connectivity index (χ4n) is 2.61. The van der Waals surface area contributed by atoms with Crippen molar-refractivity contribution in [1.29, 1.82) is 0 Å². The van der Waals surface area contributed by atoms with Gasteiger partial charge in [0.15, 0.2) is 9.84 Å². The number of carbonyl (C=O) groups is 1. The molecule has 7 heteroatoms. The van der Waals surface area contributed by atoms with Crippen LogP contribution in [0.25, 0.3) is 0 Å². The molecule has 2 aliphatic rings. The Morgan fingerprint density at radius 2 is 2.17 bits per heavy atom. The van der Waals surface area contributed by atoms with Crippen LogP contribution in [0.5, 0.6) is 0 Å². The van der Waals surface area contributed by atoms with Gasteiger partial charge >= 0.3 is 0 Å². The molecular weight excluding hydrogens is 256 g/mol. The standard InChI is InChI=1S/C11H20N2O4S/c1-11(2-3-18(16,17)8-11)12-10(15)6-13-4-9(5-13)7-14/h9,14H,2-8H2,1H3,(H,12,15). The minimum atomic E-state index is -2.99. The summed E-state index contributed by atoms with van der Waals surface area (Å²) in [6, 6.07) is 0. The fourth-order valence-corrected chi connectivity index (χ4v) is 4.70. The normalized spacial score (nSPS) is 32.1. The van der Waals surface area contributed by atoms with Crippen LogP contribution >= 0.6 is 0 Å². The summed E-state index contributed by atoms with van der Waals surface area (Å²) in [5, 5.41) is 11.7. The molecule has 0 saturated carbocycles. The van der Waals surface area contributed by atoms with E-state index in [4.69, 9.17) is 5.11 Å². The van der Waals surface area contributed by atoms with Crippen molar-refractivity contribution in [2.45, 2.75) is 18.9 Å². The molecule has 2 fully saturated rings. The van der Waals surface area contributed by atoms with Crippen LogP contribution in [-0.4, -0.2) is 67.6 Å². The zero-order valence-corrected chi connectivity index (χ0v) is 11.4. The second-order valence-corrected chi connectivity index (χ2v) is 7.88. The van der Waals surface area contributed by atoms with Gasteiger partial charge in [0.1, 0.15) is 0 Å². The Hall–Kier alpha value is -0.660. The van der Waals surface area contributed by atoms with Crippen molar-refractivity contribution in [2.24, 2.45) is 5.92 Å². The molecule has 0 aromatic heterocycles. The SMILES string of the molecule is CC1(NC(=O)CN2CC(CO)C2)CCS(=O)(=O)C1. The summed E-state index contributed by atoms with van der Waals surface area (Å²) >= 11 is 0. The third-order valence-corrected chi connectivity index (χ3v) is 5.51. The monoisotopic (exact) mass is 276 g/mol. The van der Waals surface area contributed by atoms with E-state index in [1.807, 2.05) is 4.90 Å². The zero-order valence-electron chi connectivity index (χ0n) is 10.6. The number of sulfone groups is 1. The van der Waals surface area contributed by atoms with Crippen LogP contribution < -0.4 is 5.32 Å². The highest BCUT2D eigenvalue weighted by atomic mass is 32.2. The molecule has 0 radical (unpaired) electrons. The van der Waals surface area contributed by atoms with Crippen LogP contribution in [0.3, 0.4) is 0 Å². The first-order chi connectivity index (χ1) is 8.32. The van der Waals surface area contributed by atoms with E-state index in [0.717, 1.165) is 13.1 Å². The Labute approximate surface area is 107 Å². The number of aliphatic hydroxyl groups is 1. The van der Waals surface area contributed by atoms with E-state index in [1.165, 1.54) is 0 Å². The maximum atomic E-state index is 11.8. The third-order valence-electron chi connectivity index (χ3n) is 3.60. The molecule has 0 aliphatic carbocycles. The van der Waals surface area contributed by atoms with E-state index in [1.54, 1.807) is 6.92 Å². The molecule has 1 atom stereocenters. The van der Waals surface area contributed by atoms with Crippen LogP contribution in [0.15, 0.2) is 0 Å². The Morgan fingerprint density at radius 3 is 2.67 bits per heavy atom. The first kappa shape index (κ1) is 13.8. The first-order valence-corrected chi connectivity index (χ1v) is 7.99. The van der Waals surface area contributed by atoms with Crippen molar-refractivity contribution in [3.63, 3.8) is 0 Å². The molecule has 104 valence electrons. The lowest BCUT2D eigenvalue weighted by molar-refractivity contribution is -0.125. The number of amides is 1. The molecule has 18 heavy (non-hydrogen) atoms. The molecule has 0 spiro atoms. The molecule has 2 aliphatic heterocycles. The van der Waals surface area contributed by atoms with Gasteiger partial charge < -0.3 is 10.4 Å². The summed E-state index contributed by atoms with van der Waals surface area (Å²) in [7, 11) is -2.99. The number of hydrogen-bond acceptors (Lipinski definition) is 5. The van der Waals surface area contributed by atoms with Gasteiger partial charge in [-0.2, -0.15) is 0 Å². The van der Waals surface area contributed by atoms with Crippen molar-refractivity contribution >= 4 is 15.7 Å². The van der Waals surface area contributed by atoms with Crippen LogP contribution in [0.1, 0.15) is 13.3 Å². The highest BCUT2D eigenvalue weighted by molar-refractivity contribution is 7.91. The predicted octanol–water partition coefficient (Wildman–Crippen LogP) is -1.40. The average Bonchev–Trinajstić information content (AvgIpc) is 2.45. The summed E-state index contributed by atoms with van der Waals surface area (Å²) in [4.78, 5) is 13.8. The quantitative estimate of drug-likeness (QED) is 0.660. The van der Waals surface area contributed by atoms with Gasteiger partial charge in [-0.25, -0.2) is 8.42 Å². The maximum absolute atomic E-state index is 11.8. The van der Waals surface area contributed by atoms with Crippen LogP contribution in [0.4, 0.5) is 0 Å². The zero-order chi connectivity index (χ0) is 13.4. The molecule has 1 unspecified atom stereocenters. The lowest BCUT2D eigenvalue weighted by atomic mass is 10.0. The smallest absolute Gasteiger partial charge is 0.234 e. The van der Waals surface area contributed by atoms with E-state index in [0.29, 0.717) is 6.42 Å². The summed E-state index contributed by atoms with van der Waals surface area (Å²) in [6.45, 7) is 3.69. The minimum absolute atomic E-state index is 0.0327. The highest BCUT2D eigenvalue weighted by Gasteiger charge is 2.40. The predicted molar refractivity (Wildman–Crippen MR) is 66.8 cm³/mol. The van der Waals surface area contributed by atoms with Crippen LogP contribution in [0.2, 0.25) is 0 Å². The van der Waals surface area contributed by atoms with Gasteiger partial charge in [0.25, 0.3) is 0 Å². The second-order valence-electron chi connectivity index (χ2n) is 5.69. The Morgan fingerprint density at radius 1 is 1.50 bits per heavy atom. The Kier molecular flexibility index (Phi) is 3.66. The summed E-state index contributed by atoms with van der Waals surface area (Å²) in [5.41, 5.74) is -0.614. The largest absolute Gasteiger partial charge is 0.396 e. The number of nitrogens with zero attached hydrogens (tertiary/aromatic N) is 1. The molecule has 0 aromatic carbocycles. The summed E-state index contributed by atoms with van der Waals surface area (Å²) in [6.07, 6.45) is 0.486. The van der Waals surface area contributed by atoms with Gasteiger partial charge in [-0.3, -0.25) is 9.69 Å². The Balaban J connectivity index is 1.78. The lowest BCUT2D eigenvalue weighted by Gasteiger charge is -2.38. The second kappa shape index (κ2) is 4.79. The van der Waals surface area contributed by atoms with Crippen molar-refractivity contribution in [2.75, 3.05) is 37.7 Å². The van der Waals surface area contributed by atoms with E-state index >= 15 is 0 Å². The fraction of sp³-hybridized carbons (Fsp3) is 0.909. The van der Waals surface area contributed by atoms with Gasteiger partial charge in [0, 0.05) is 25.6 Å². The van der Waals surface area contributed by atoms with Gasteiger partial charge in [0.05, 0.1) is 23.6 Å². The summed E-state index contributed by atoms with van der Waals surface area (Å²) in [5.74, 6) is 0.330. The van der Waals surface area contributed by atoms with E-state index < -0.39 is 15.4 Å². The molecule has 2 heterocycles. The molecule has 1 amide bonds. The lowest BCUT2D eigenvalue weighted by Crippen LogP contribution is -2.55. The third kappa shape index (κ3) is 3.21. The molecule has 6 nitrogen and oxygen atoms in total. The Bertz CT molecular complexity index is 430. The number of likely N-dealkylation sites (tertiary alicyclic amines) is 1. The van der Waals surface area contributed by atoms with Gasteiger partial charge in [-0.1, -0.05) is 0 Å². The minimum Gasteiger partial charge on any atom is -0.396 e. The molecule has 2 saturated heterocycles. The first-order valence-electron chi connectivity index (χ1n) is 6.17. The number of aliphatic hydroxyl groups excluding tert-OH is 1. The van der Waals surface area contributed by atoms with Crippen molar-refractivity contribution in [3.8, 4) is 0 Å². The molecule has 2 N–H and O–H groups in total. The van der Waals surface area contributed by atoms with Crippen LogP contribution in [-0.2, 0) is 14.6 Å². The van der Waals surface area contributed by atoms with E-state index in [2.05, 4.69) is 5.32 Å². The number of hydrogen-bond donors (Lipinski definition) is 2. The molecular formula is C11H20N2O4S. The van der Waals surface area contributed by atoms with Crippen molar-refractivity contribution < 1.29 is 18.3 Å². The van der Waals surface area contributed by atoms with Crippen molar-refractivity contribution in [3.05, 3.63) is 0 Å². The van der Waals surface area contributed by atoms with Gasteiger partial charge in [0.2, 0.25) is 5.91 Å². The molecule has 2 rings (SSSR count). The maximum Gasteiger partial charge on any atom is 0.234 e.